The molecule has 1 amide bonds. The number of nitrogens with zero attached hydrogens (tertiary/aromatic N) is 5. The van der Waals surface area contributed by atoms with Crippen LogP contribution >= 0.6 is 0 Å². The van der Waals surface area contributed by atoms with Crippen LogP contribution in [-0.2, 0) is 12.7 Å². The number of aromatic nitrogens is 1. The summed E-state index contributed by atoms with van der Waals surface area (Å²) in [6.07, 6.45) is -3.29. The van der Waals surface area contributed by atoms with Gasteiger partial charge in [0, 0.05) is 43.8 Å². The summed E-state index contributed by atoms with van der Waals surface area (Å²) in [7, 11) is 1.95. The van der Waals surface area contributed by atoms with Gasteiger partial charge >= 0.3 is 6.18 Å². The Morgan fingerprint density at radius 2 is 1.73 bits per heavy atom. The molecule has 2 heterocycles. The minimum absolute atomic E-state index is 0.0684. The van der Waals surface area contributed by atoms with Gasteiger partial charge in [0.15, 0.2) is 17.3 Å². The van der Waals surface area contributed by atoms with Crippen LogP contribution in [0, 0.1) is 11.6 Å². The number of carbonyl (C=O) groups excluding carboxylic acids is 1. The Morgan fingerprint density at radius 1 is 0.976 bits per heavy atom. The van der Waals surface area contributed by atoms with Crippen molar-refractivity contribution in [3.05, 3.63) is 95.2 Å². The summed E-state index contributed by atoms with van der Waals surface area (Å²) >= 11 is 0. The summed E-state index contributed by atoms with van der Waals surface area (Å²) in [6.45, 7) is 2.86. The number of piperazine rings is 1. The van der Waals surface area contributed by atoms with E-state index in [1.165, 1.54) is 18.3 Å². The van der Waals surface area contributed by atoms with Crippen molar-refractivity contribution in [3.8, 4) is 0 Å². The van der Waals surface area contributed by atoms with Gasteiger partial charge in [-0.05, 0) is 49.0 Å². The smallest absolute Gasteiger partial charge is 0.322 e. The summed E-state index contributed by atoms with van der Waals surface area (Å²) in [5.41, 5.74) is -1.50. The van der Waals surface area contributed by atoms with Crippen LogP contribution in [0.3, 0.4) is 0 Å². The topological polar surface area (TPSA) is 73.2 Å². The van der Waals surface area contributed by atoms with Gasteiger partial charge in [0.25, 0.3) is 5.91 Å². The normalized spacial score (nSPS) is 15.1. The first-order valence-corrected chi connectivity index (χ1v) is 12.8. The molecule has 12 heteroatoms. The first kappa shape index (κ1) is 28.2. The van der Waals surface area contributed by atoms with Crippen LogP contribution < -0.4 is 5.32 Å². The Kier molecular flexibility index (Phi) is 8.04. The molecule has 0 atom stereocenters. The highest BCUT2D eigenvalue weighted by Crippen LogP contribution is 2.35. The third-order valence-corrected chi connectivity index (χ3v) is 6.82. The molecule has 4 aromatic rings. The Morgan fingerprint density at radius 3 is 2.49 bits per heavy atom. The summed E-state index contributed by atoms with van der Waals surface area (Å²) in [5.74, 6) is -3.43. The van der Waals surface area contributed by atoms with Crippen molar-refractivity contribution < 1.29 is 26.7 Å². The van der Waals surface area contributed by atoms with Crippen molar-refractivity contribution in [2.75, 3.05) is 38.5 Å². The number of halogens is 5. The van der Waals surface area contributed by atoms with Crippen molar-refractivity contribution in [1.82, 2.24) is 14.8 Å². The number of amides is 1. The molecule has 0 spiro atoms. The lowest BCUT2D eigenvalue weighted by molar-refractivity contribution is -0.138. The number of azo groups is 1. The molecule has 0 radical (unpaired) electrons. The number of carbonyl (C=O) groups is 1. The second kappa shape index (κ2) is 11.7. The van der Waals surface area contributed by atoms with Crippen LogP contribution in [0.2, 0.25) is 0 Å². The van der Waals surface area contributed by atoms with Crippen LogP contribution in [0.1, 0.15) is 21.5 Å². The van der Waals surface area contributed by atoms with E-state index in [4.69, 9.17) is 0 Å². The maximum absolute atomic E-state index is 15.2. The second-order valence-corrected chi connectivity index (χ2v) is 9.75. The van der Waals surface area contributed by atoms with Crippen LogP contribution in [0.25, 0.3) is 10.9 Å². The predicted molar refractivity (Wildman–Crippen MR) is 144 cm³/mol. The van der Waals surface area contributed by atoms with Crippen LogP contribution in [-0.4, -0.2) is 53.9 Å². The number of hydrogen-bond acceptors (Lipinski definition) is 6. The quantitative estimate of drug-likeness (QED) is 0.202. The maximum Gasteiger partial charge on any atom is 0.416 e. The van der Waals surface area contributed by atoms with Crippen LogP contribution in [0.5, 0.6) is 0 Å². The average molecular weight is 569 g/mol. The molecule has 1 N–H and O–H groups in total. The van der Waals surface area contributed by atoms with Gasteiger partial charge in [-0.15, -0.1) is 10.2 Å². The monoisotopic (exact) mass is 568 g/mol. The molecule has 0 aliphatic carbocycles. The molecule has 0 unspecified atom stereocenters. The fraction of sp³-hybridized carbons (Fsp3) is 0.241. The molecular weight excluding hydrogens is 543 g/mol. The highest BCUT2D eigenvalue weighted by Gasteiger charge is 2.34. The first-order valence-electron chi connectivity index (χ1n) is 12.8. The van der Waals surface area contributed by atoms with E-state index >= 15 is 4.39 Å². The van der Waals surface area contributed by atoms with Gasteiger partial charge in [-0.1, -0.05) is 24.3 Å². The fourth-order valence-corrected chi connectivity index (χ4v) is 4.53. The van der Waals surface area contributed by atoms with E-state index < -0.39 is 40.5 Å². The molecule has 7 nitrogen and oxygen atoms in total. The zero-order valence-corrected chi connectivity index (χ0v) is 21.9. The summed E-state index contributed by atoms with van der Waals surface area (Å²) < 4.78 is 71.4. The van der Waals surface area contributed by atoms with Gasteiger partial charge in [0.05, 0.1) is 22.8 Å². The van der Waals surface area contributed by atoms with Crippen LogP contribution in [0.4, 0.5) is 39.0 Å². The molecule has 3 aromatic carbocycles. The largest absolute Gasteiger partial charge is 0.416 e. The molecule has 1 aliphatic heterocycles. The number of hydrogen-bond donors (Lipinski definition) is 1. The number of likely N-dealkylation sites (N-methyl/N-ethyl adjacent to an activating group) is 1. The summed E-state index contributed by atoms with van der Waals surface area (Å²) in [5, 5.41) is 10.5. The van der Waals surface area contributed by atoms with Crippen molar-refractivity contribution in [2.45, 2.75) is 12.7 Å². The third kappa shape index (κ3) is 6.55. The van der Waals surface area contributed by atoms with Gasteiger partial charge in [0.1, 0.15) is 5.69 Å². The Hall–Kier alpha value is -4.29. The molecule has 1 fully saturated rings. The molecule has 0 saturated carbocycles. The summed E-state index contributed by atoms with van der Waals surface area (Å²) in [4.78, 5) is 21.1. The highest BCUT2D eigenvalue weighted by molar-refractivity contribution is 6.05. The zero-order valence-electron chi connectivity index (χ0n) is 21.9. The van der Waals surface area contributed by atoms with Gasteiger partial charge in [-0.3, -0.25) is 14.7 Å². The molecule has 1 aliphatic rings. The number of para-hydroxylation sites is 1. The maximum atomic E-state index is 15.2. The lowest BCUT2D eigenvalue weighted by atomic mass is 10.0. The Bertz CT molecular complexity index is 1620. The number of nitrogens with one attached hydrogen (secondary N) is 1. The minimum Gasteiger partial charge on any atom is -0.322 e. The predicted octanol–water partition coefficient (Wildman–Crippen LogP) is 6.95. The number of anilines is 1. The van der Waals surface area contributed by atoms with Crippen LogP contribution in [0.15, 0.2) is 77.1 Å². The van der Waals surface area contributed by atoms with E-state index in [1.807, 2.05) is 18.0 Å². The number of rotatable bonds is 6. The summed E-state index contributed by atoms with van der Waals surface area (Å²) in [6, 6.07) is 14.0. The molecule has 1 saturated heterocycles. The number of pyridine rings is 1. The van der Waals surface area contributed by atoms with Crippen molar-refractivity contribution in [1.29, 1.82) is 0 Å². The van der Waals surface area contributed by atoms with Crippen molar-refractivity contribution in [3.63, 3.8) is 0 Å². The SMILES string of the molecule is CN1CCN(Cc2ccc(NC(=O)c3ccc(F)c(N=Nc4cnc5ccccc5c4)c3F)cc2C(F)(F)F)CC1. The van der Waals surface area contributed by atoms with Gasteiger partial charge < -0.3 is 10.2 Å². The standard InChI is InChI=1S/C29H25F5N6O/c1-39-10-12-40(13-11-39)17-19-6-7-20(15-23(19)29(32,33)34)36-28(41)22-8-9-24(30)27(26(22)31)38-37-21-14-18-4-2-3-5-25(18)35-16-21/h2-9,14-16H,10-13,17H2,1H3,(H,36,41). The van der Waals surface area contributed by atoms with Gasteiger partial charge in [0.2, 0.25) is 0 Å². The van der Waals surface area contributed by atoms with E-state index in [2.05, 4.69) is 25.4 Å². The number of alkyl halides is 3. The number of benzene rings is 3. The average Bonchev–Trinajstić information content (AvgIpc) is 2.94. The highest BCUT2D eigenvalue weighted by atomic mass is 19.4. The minimum atomic E-state index is -4.67. The second-order valence-electron chi connectivity index (χ2n) is 9.75. The Labute approximate surface area is 232 Å². The fourth-order valence-electron chi connectivity index (χ4n) is 4.53. The lowest BCUT2D eigenvalue weighted by Crippen LogP contribution is -2.44. The molecular formula is C29H25F5N6O. The lowest BCUT2D eigenvalue weighted by Gasteiger charge is -2.33. The molecule has 1 aromatic heterocycles. The Balaban J connectivity index is 1.36. The van der Waals surface area contributed by atoms with E-state index in [0.717, 1.165) is 36.7 Å². The zero-order chi connectivity index (χ0) is 29.1. The van der Waals surface area contributed by atoms with Gasteiger partial charge in [-0.2, -0.15) is 13.2 Å². The molecule has 212 valence electrons. The van der Waals surface area contributed by atoms with E-state index in [0.29, 0.717) is 18.6 Å². The molecule has 41 heavy (non-hydrogen) atoms. The third-order valence-electron chi connectivity index (χ3n) is 6.82. The first-order chi connectivity index (χ1) is 19.6. The molecule has 0 bridgehead atoms. The van der Waals surface area contributed by atoms with Crippen molar-refractivity contribution in [2.24, 2.45) is 10.2 Å². The van der Waals surface area contributed by atoms with Gasteiger partial charge in [-0.25, -0.2) is 8.78 Å². The number of fused-ring (bicyclic) bond motifs is 1. The molecule has 5 rings (SSSR count). The van der Waals surface area contributed by atoms with E-state index in [9.17, 15) is 22.4 Å². The van der Waals surface area contributed by atoms with E-state index in [-0.39, 0.29) is 23.5 Å². The van der Waals surface area contributed by atoms with E-state index in [1.54, 1.807) is 24.3 Å². The van der Waals surface area contributed by atoms with Crippen molar-refractivity contribution >= 4 is 33.9 Å².